The van der Waals surface area contributed by atoms with Crippen molar-refractivity contribution in [2.75, 3.05) is 32.8 Å². The van der Waals surface area contributed by atoms with Crippen LogP contribution in [0.4, 0.5) is 0 Å². The van der Waals surface area contributed by atoms with Crippen LogP contribution in [0.25, 0.3) is 0 Å². The zero-order chi connectivity index (χ0) is 21.2. The zero-order valence-electron chi connectivity index (χ0n) is 15.6. The first-order chi connectivity index (χ1) is 12.9. The molecule has 0 aromatic carbocycles. The second-order valence-electron chi connectivity index (χ2n) is 8.65. The Hall–Kier alpha value is -1.48. The molecule has 4 heterocycles. The lowest BCUT2D eigenvalue weighted by Gasteiger charge is -2.66. The molecule has 4 bridgehead atoms. The summed E-state index contributed by atoms with van der Waals surface area (Å²) in [7, 11) is 0. The fraction of sp³-hybridized carbons (Fsp3) is 1.00. The average molecular weight is 406 g/mol. The van der Waals surface area contributed by atoms with Crippen molar-refractivity contribution in [3.8, 4) is 0 Å². The number of nitrogens with zero attached hydrogens (tertiary/aromatic N) is 4. The largest absolute Gasteiger partial charge is 0.394 e. The molecule has 0 spiro atoms. The molecular weight excluding hydrogens is 380 g/mol. The van der Waals surface area contributed by atoms with Crippen LogP contribution in [0.1, 0.15) is 13.8 Å². The summed E-state index contributed by atoms with van der Waals surface area (Å²) < 4.78 is 0. The van der Waals surface area contributed by atoms with E-state index in [0.717, 1.165) is 0 Å². The van der Waals surface area contributed by atoms with Crippen LogP contribution in [0.3, 0.4) is 0 Å². The quantitative estimate of drug-likeness (QED) is 0.207. The smallest absolute Gasteiger partial charge is 0.259 e. The monoisotopic (exact) mass is 406 g/mol. The summed E-state index contributed by atoms with van der Waals surface area (Å²) in [6, 6.07) is 0. The number of aliphatic hydroxyl groups excluding tert-OH is 5. The molecule has 28 heavy (non-hydrogen) atoms. The van der Waals surface area contributed by atoms with E-state index in [9.17, 15) is 40.7 Å². The molecule has 0 unspecified atom stereocenters. The molecule has 13 heteroatoms. The van der Waals surface area contributed by atoms with E-state index in [1.807, 2.05) is 0 Å². The lowest BCUT2D eigenvalue weighted by molar-refractivity contribution is -0.679. The van der Waals surface area contributed by atoms with Gasteiger partial charge in [-0.2, -0.15) is 0 Å². The van der Waals surface area contributed by atoms with Crippen molar-refractivity contribution in [1.82, 2.24) is 9.80 Å². The molecule has 0 radical (unpaired) electrons. The van der Waals surface area contributed by atoms with Crippen molar-refractivity contribution < 1.29 is 35.4 Å². The van der Waals surface area contributed by atoms with Gasteiger partial charge in [0.15, 0.2) is 0 Å². The Morgan fingerprint density at radius 2 is 1.32 bits per heavy atom. The molecule has 5 N–H and O–H groups in total. The SMILES string of the molecule is CC1(C)C2([N+](=O)[O-])CN3CC1([N+](=O)[O-])CN(C2)C3[C@@H](O)[C@@H](O)[C@H](O)[C@@H](O)CO. The molecule has 0 aromatic rings. The molecule has 0 aliphatic carbocycles. The van der Waals surface area contributed by atoms with Crippen LogP contribution < -0.4 is 0 Å². The number of hydrogen-bond acceptors (Lipinski definition) is 11. The van der Waals surface area contributed by atoms with Gasteiger partial charge in [0.1, 0.15) is 29.8 Å². The number of piperidine rings is 2. The van der Waals surface area contributed by atoms with E-state index >= 15 is 0 Å². The van der Waals surface area contributed by atoms with Gasteiger partial charge in [-0.15, -0.1) is 0 Å². The van der Waals surface area contributed by atoms with Crippen LogP contribution in [-0.4, -0.2) is 120 Å². The van der Waals surface area contributed by atoms with E-state index in [4.69, 9.17) is 5.11 Å². The zero-order valence-corrected chi connectivity index (χ0v) is 15.6. The number of aliphatic hydroxyl groups is 5. The van der Waals surface area contributed by atoms with Gasteiger partial charge in [-0.3, -0.25) is 30.0 Å². The fourth-order valence-electron chi connectivity index (χ4n) is 5.22. The summed E-state index contributed by atoms with van der Waals surface area (Å²) in [6.07, 6.45) is -8.10. The van der Waals surface area contributed by atoms with Gasteiger partial charge in [-0.25, -0.2) is 0 Å². The van der Waals surface area contributed by atoms with Gasteiger partial charge in [0, 0.05) is 9.85 Å². The van der Waals surface area contributed by atoms with E-state index in [0.29, 0.717) is 0 Å². The predicted molar refractivity (Wildman–Crippen MR) is 91.3 cm³/mol. The molecule has 4 aliphatic rings. The fourth-order valence-corrected chi connectivity index (χ4v) is 5.22. The van der Waals surface area contributed by atoms with Crippen molar-refractivity contribution in [3.05, 3.63) is 20.2 Å². The Morgan fingerprint density at radius 1 is 0.929 bits per heavy atom. The summed E-state index contributed by atoms with van der Waals surface area (Å²) in [4.78, 5) is 25.8. The minimum Gasteiger partial charge on any atom is -0.394 e. The van der Waals surface area contributed by atoms with Crippen molar-refractivity contribution in [2.45, 2.75) is 55.5 Å². The molecule has 4 fully saturated rings. The van der Waals surface area contributed by atoms with Gasteiger partial charge >= 0.3 is 0 Å². The Kier molecular flexibility index (Phi) is 4.94. The van der Waals surface area contributed by atoms with Gasteiger partial charge in [-0.1, -0.05) is 0 Å². The Balaban J connectivity index is 1.97. The summed E-state index contributed by atoms with van der Waals surface area (Å²) in [5, 5.41) is 73.2. The molecule has 0 aromatic heterocycles. The molecule has 4 atom stereocenters. The van der Waals surface area contributed by atoms with E-state index in [-0.39, 0.29) is 26.2 Å². The molecule has 4 rings (SSSR count). The van der Waals surface area contributed by atoms with Crippen LogP contribution in [0.15, 0.2) is 0 Å². The predicted octanol–water partition coefficient (Wildman–Crippen LogP) is -3.55. The number of rotatable bonds is 7. The minimum absolute atomic E-state index is 0.161. The van der Waals surface area contributed by atoms with E-state index in [1.54, 1.807) is 0 Å². The van der Waals surface area contributed by atoms with Crippen molar-refractivity contribution in [1.29, 1.82) is 0 Å². The van der Waals surface area contributed by atoms with Crippen LogP contribution in [0, 0.1) is 25.6 Å². The van der Waals surface area contributed by atoms with E-state index in [2.05, 4.69) is 0 Å². The van der Waals surface area contributed by atoms with Crippen molar-refractivity contribution in [2.24, 2.45) is 5.41 Å². The van der Waals surface area contributed by atoms with Crippen molar-refractivity contribution >= 4 is 0 Å². The highest BCUT2D eigenvalue weighted by Gasteiger charge is 2.82. The topological polar surface area (TPSA) is 194 Å². The Labute approximate surface area is 160 Å². The maximum Gasteiger partial charge on any atom is 0.259 e. The first-order valence-electron chi connectivity index (χ1n) is 8.96. The maximum absolute atomic E-state index is 12.0. The molecule has 4 saturated heterocycles. The highest BCUT2D eigenvalue weighted by atomic mass is 16.6. The standard InChI is InChI=1S/C15H26N4O9/c1-13(2)14(18(25)26)4-16-6-15(13,19(27)28)7-17(5-14)12(16)11(24)10(23)9(22)8(21)3-20/h8-12,20-24H,3-7H2,1-2H3/t8-,9+,10-,11-,12?,14?,15?/m0/s1. The van der Waals surface area contributed by atoms with E-state index in [1.165, 1.54) is 23.6 Å². The Bertz CT molecular complexity index is 622. The van der Waals surface area contributed by atoms with Crippen LogP contribution >= 0.6 is 0 Å². The molecular formula is C15H26N4O9. The van der Waals surface area contributed by atoms with Gasteiger partial charge in [-0.05, 0) is 13.8 Å². The maximum atomic E-state index is 12.0. The highest BCUT2D eigenvalue weighted by Crippen LogP contribution is 2.56. The minimum atomic E-state index is -1.87. The molecule has 13 nitrogen and oxygen atoms in total. The summed E-state index contributed by atoms with van der Waals surface area (Å²) >= 11 is 0. The third-order valence-corrected chi connectivity index (χ3v) is 7.22. The lowest BCUT2D eigenvalue weighted by Crippen LogP contribution is -2.91. The van der Waals surface area contributed by atoms with Gasteiger partial charge in [0.2, 0.25) is 0 Å². The third-order valence-electron chi connectivity index (χ3n) is 7.22. The summed E-state index contributed by atoms with van der Waals surface area (Å²) in [5.74, 6) is 0. The highest BCUT2D eigenvalue weighted by molar-refractivity contribution is 5.22. The van der Waals surface area contributed by atoms with E-state index < -0.39 is 63.5 Å². The van der Waals surface area contributed by atoms with Crippen LogP contribution in [0.2, 0.25) is 0 Å². The van der Waals surface area contributed by atoms with Gasteiger partial charge in [0.05, 0.1) is 39.0 Å². The lowest BCUT2D eigenvalue weighted by atomic mass is 9.53. The molecule has 0 amide bonds. The first-order valence-corrected chi connectivity index (χ1v) is 8.96. The van der Waals surface area contributed by atoms with Crippen molar-refractivity contribution in [3.63, 3.8) is 0 Å². The first kappa shape index (κ1) is 21.2. The number of nitro groups is 2. The van der Waals surface area contributed by atoms with Crippen LogP contribution in [0.5, 0.6) is 0 Å². The third kappa shape index (κ3) is 2.44. The number of hydrogen-bond donors (Lipinski definition) is 5. The molecule has 0 saturated carbocycles. The van der Waals surface area contributed by atoms with Crippen LogP contribution in [-0.2, 0) is 0 Å². The van der Waals surface area contributed by atoms with Gasteiger partial charge in [0.25, 0.3) is 11.1 Å². The normalized spacial score (nSPS) is 42.6. The van der Waals surface area contributed by atoms with Gasteiger partial charge < -0.3 is 25.5 Å². The summed E-state index contributed by atoms with van der Waals surface area (Å²) in [5.41, 5.74) is -4.54. The average Bonchev–Trinajstić information content (AvgIpc) is 2.62. The molecule has 4 aliphatic heterocycles. The molecule has 160 valence electrons. The Morgan fingerprint density at radius 3 is 1.64 bits per heavy atom. The summed E-state index contributed by atoms with van der Waals surface area (Å²) in [6.45, 7) is 1.57. The second-order valence-corrected chi connectivity index (χ2v) is 8.65. The second kappa shape index (κ2) is 6.52.